The van der Waals surface area contributed by atoms with Gasteiger partial charge in [-0.3, -0.25) is 0 Å². The van der Waals surface area contributed by atoms with Crippen molar-refractivity contribution in [1.82, 2.24) is 0 Å². The molecule has 0 fully saturated rings. The topological polar surface area (TPSA) is 69.4 Å². The summed E-state index contributed by atoms with van der Waals surface area (Å²) in [6, 6.07) is 7.72. The first-order valence-corrected chi connectivity index (χ1v) is 7.93. The molecule has 0 bridgehead atoms. The summed E-state index contributed by atoms with van der Waals surface area (Å²) in [7, 11) is -2.96. The first-order chi connectivity index (χ1) is 8.43. The molecule has 0 amide bonds. The van der Waals surface area contributed by atoms with Crippen LogP contribution in [0.25, 0.3) is 0 Å². The Balaban J connectivity index is 2.44. The normalized spacial score (nSPS) is 13.3. The molecule has 1 atom stereocenters. The Hall–Kier alpha value is -1.07. The van der Waals surface area contributed by atoms with Gasteiger partial charge in [0.15, 0.2) is 9.84 Å². The Morgan fingerprint density at radius 2 is 1.89 bits per heavy atom. The fourth-order valence-corrected chi connectivity index (χ4v) is 2.15. The lowest BCUT2D eigenvalue weighted by atomic mass is 10.1. The van der Waals surface area contributed by atoms with E-state index < -0.39 is 9.84 Å². The van der Waals surface area contributed by atoms with Crippen molar-refractivity contribution in [2.45, 2.75) is 26.3 Å². The number of ether oxygens (including phenoxy) is 1. The lowest BCUT2D eigenvalue weighted by molar-refractivity contribution is 0.341. The lowest BCUT2D eigenvalue weighted by Gasteiger charge is -2.08. The van der Waals surface area contributed by atoms with Crippen molar-refractivity contribution in [3.8, 4) is 5.75 Å². The highest BCUT2D eigenvalue weighted by Crippen LogP contribution is 2.13. The molecule has 0 spiro atoms. The molecule has 0 saturated heterocycles. The quantitative estimate of drug-likeness (QED) is 0.813. The van der Waals surface area contributed by atoms with Crippen molar-refractivity contribution in [3.63, 3.8) is 0 Å². The molecule has 102 valence electrons. The molecule has 0 aliphatic rings. The fourth-order valence-electron chi connectivity index (χ4n) is 1.52. The molecule has 0 aliphatic heterocycles. The van der Waals surface area contributed by atoms with Gasteiger partial charge in [-0.1, -0.05) is 19.1 Å². The molecule has 18 heavy (non-hydrogen) atoms. The summed E-state index contributed by atoms with van der Waals surface area (Å²) in [5, 5.41) is 0. The van der Waals surface area contributed by atoms with Gasteiger partial charge in [-0.15, -0.1) is 0 Å². The first-order valence-electron chi connectivity index (χ1n) is 6.10. The summed E-state index contributed by atoms with van der Waals surface area (Å²) < 4.78 is 27.9. The molecule has 0 aliphatic carbocycles. The van der Waals surface area contributed by atoms with Crippen molar-refractivity contribution < 1.29 is 13.2 Å². The smallest absolute Gasteiger partial charge is 0.153 e. The molecule has 1 rings (SSSR count). The predicted molar refractivity (Wildman–Crippen MR) is 73.6 cm³/mol. The fraction of sp³-hybridized carbons (Fsp3) is 0.538. The summed E-state index contributed by atoms with van der Waals surface area (Å²) in [4.78, 5) is 0. The Bertz CT molecular complexity index is 452. The van der Waals surface area contributed by atoms with Gasteiger partial charge < -0.3 is 10.5 Å². The summed E-state index contributed by atoms with van der Waals surface area (Å²) in [5.74, 6) is 0.907. The van der Waals surface area contributed by atoms with Crippen LogP contribution in [-0.2, 0) is 16.3 Å². The largest absolute Gasteiger partial charge is 0.493 e. The Labute approximate surface area is 109 Å². The first kappa shape index (κ1) is 15.0. The number of rotatable bonds is 7. The summed E-state index contributed by atoms with van der Waals surface area (Å²) in [5.41, 5.74) is 6.86. The highest BCUT2D eigenvalue weighted by atomic mass is 32.2. The van der Waals surface area contributed by atoms with Gasteiger partial charge in [-0.2, -0.15) is 0 Å². The second-order valence-electron chi connectivity index (χ2n) is 4.41. The van der Waals surface area contributed by atoms with E-state index in [1.807, 2.05) is 31.2 Å². The van der Waals surface area contributed by atoms with Crippen LogP contribution >= 0.6 is 0 Å². The second-order valence-corrected chi connectivity index (χ2v) is 6.88. The van der Waals surface area contributed by atoms with E-state index >= 15 is 0 Å². The van der Waals surface area contributed by atoms with E-state index in [1.54, 1.807) is 6.92 Å². The maximum Gasteiger partial charge on any atom is 0.153 e. The van der Waals surface area contributed by atoms with Gasteiger partial charge in [0.1, 0.15) is 12.4 Å². The molecule has 0 aromatic heterocycles. The van der Waals surface area contributed by atoms with Crippen molar-refractivity contribution >= 4 is 9.84 Å². The van der Waals surface area contributed by atoms with E-state index in [0.717, 1.165) is 12.0 Å². The van der Waals surface area contributed by atoms with Gasteiger partial charge in [0.05, 0.1) is 5.75 Å². The van der Waals surface area contributed by atoms with Gasteiger partial charge in [-0.25, -0.2) is 8.42 Å². The number of nitrogens with two attached hydrogens (primary N) is 1. The molecule has 0 heterocycles. The highest BCUT2D eigenvalue weighted by molar-refractivity contribution is 7.91. The van der Waals surface area contributed by atoms with Crippen molar-refractivity contribution in [1.29, 1.82) is 0 Å². The minimum atomic E-state index is -2.96. The Morgan fingerprint density at radius 1 is 1.28 bits per heavy atom. The van der Waals surface area contributed by atoms with Gasteiger partial charge in [0.25, 0.3) is 0 Å². The molecule has 1 unspecified atom stereocenters. The van der Waals surface area contributed by atoms with Gasteiger partial charge in [0, 0.05) is 11.8 Å². The van der Waals surface area contributed by atoms with Gasteiger partial charge >= 0.3 is 0 Å². The third-order valence-electron chi connectivity index (χ3n) is 2.58. The third-order valence-corrected chi connectivity index (χ3v) is 4.25. The lowest BCUT2D eigenvalue weighted by Crippen LogP contribution is -2.17. The van der Waals surface area contributed by atoms with Gasteiger partial charge in [-0.05, 0) is 31.0 Å². The number of benzene rings is 1. The average molecular weight is 271 g/mol. The van der Waals surface area contributed by atoms with Crippen LogP contribution in [0.2, 0.25) is 0 Å². The number of sulfone groups is 1. The van der Waals surface area contributed by atoms with Crippen LogP contribution in [0.4, 0.5) is 0 Å². The summed E-state index contributed by atoms with van der Waals surface area (Å²) in [6.07, 6.45) is 0.824. The Morgan fingerprint density at radius 3 is 2.39 bits per heavy atom. The molecule has 1 aromatic carbocycles. The van der Waals surface area contributed by atoms with Crippen LogP contribution in [0.3, 0.4) is 0 Å². The van der Waals surface area contributed by atoms with E-state index in [1.165, 1.54) is 0 Å². The van der Waals surface area contributed by atoms with Crippen LogP contribution < -0.4 is 10.5 Å². The van der Waals surface area contributed by atoms with E-state index in [0.29, 0.717) is 5.75 Å². The van der Waals surface area contributed by atoms with Crippen molar-refractivity contribution in [2.24, 2.45) is 5.73 Å². The van der Waals surface area contributed by atoms with Crippen LogP contribution in [0.15, 0.2) is 24.3 Å². The zero-order valence-corrected chi connectivity index (χ0v) is 11.7. The molecule has 1 aromatic rings. The van der Waals surface area contributed by atoms with Crippen LogP contribution in [-0.4, -0.2) is 32.6 Å². The molecule has 5 heteroatoms. The van der Waals surface area contributed by atoms with Crippen molar-refractivity contribution in [3.05, 3.63) is 29.8 Å². The number of hydrogen-bond acceptors (Lipinski definition) is 4. The van der Waals surface area contributed by atoms with Gasteiger partial charge in [0.2, 0.25) is 0 Å². The summed E-state index contributed by atoms with van der Waals surface area (Å²) in [6.45, 7) is 3.79. The zero-order valence-electron chi connectivity index (χ0n) is 10.9. The highest BCUT2D eigenvalue weighted by Gasteiger charge is 2.07. The standard InChI is InChI=1S/C13H21NO3S/c1-3-18(15,16)9-8-17-13-6-4-12(5-7-13)10-11(2)14/h4-7,11H,3,8-10,14H2,1-2H3. The van der Waals surface area contributed by atoms with E-state index in [-0.39, 0.29) is 24.2 Å². The maximum absolute atomic E-state index is 11.3. The average Bonchev–Trinajstić information content (AvgIpc) is 2.30. The van der Waals surface area contributed by atoms with Crippen LogP contribution in [0.1, 0.15) is 19.4 Å². The van der Waals surface area contributed by atoms with E-state index in [2.05, 4.69) is 0 Å². The minimum absolute atomic E-state index is 0.0606. The SMILES string of the molecule is CCS(=O)(=O)CCOc1ccc(CC(C)N)cc1. The Kier molecular flexibility index (Phi) is 5.62. The molecule has 4 nitrogen and oxygen atoms in total. The minimum Gasteiger partial charge on any atom is -0.493 e. The molecule has 2 N–H and O–H groups in total. The predicted octanol–water partition coefficient (Wildman–Crippen LogP) is 1.39. The summed E-state index contributed by atoms with van der Waals surface area (Å²) >= 11 is 0. The van der Waals surface area contributed by atoms with Crippen LogP contribution in [0, 0.1) is 0 Å². The third kappa shape index (κ3) is 5.51. The second kappa shape index (κ2) is 6.75. The molecular weight excluding hydrogens is 250 g/mol. The van der Waals surface area contributed by atoms with E-state index in [9.17, 15) is 8.42 Å². The van der Waals surface area contributed by atoms with Crippen LogP contribution in [0.5, 0.6) is 5.75 Å². The molecular formula is C13H21NO3S. The number of hydrogen-bond donors (Lipinski definition) is 1. The zero-order chi connectivity index (χ0) is 13.6. The van der Waals surface area contributed by atoms with Crippen molar-refractivity contribution in [2.75, 3.05) is 18.1 Å². The molecule has 0 saturated carbocycles. The monoisotopic (exact) mass is 271 g/mol. The molecule has 0 radical (unpaired) electrons. The maximum atomic E-state index is 11.3. The van der Waals surface area contributed by atoms with E-state index in [4.69, 9.17) is 10.5 Å².